The van der Waals surface area contributed by atoms with E-state index in [2.05, 4.69) is 40.2 Å². The molecular weight excluding hydrogens is 372 g/mol. The summed E-state index contributed by atoms with van der Waals surface area (Å²) in [7, 11) is 0. The van der Waals surface area contributed by atoms with Crippen molar-refractivity contribution in [1.29, 1.82) is 0 Å². The van der Waals surface area contributed by atoms with Crippen LogP contribution in [0.3, 0.4) is 0 Å². The van der Waals surface area contributed by atoms with Gasteiger partial charge in [0.25, 0.3) is 0 Å². The second-order valence-corrected chi connectivity index (χ2v) is 10.6. The van der Waals surface area contributed by atoms with E-state index in [0.29, 0.717) is 12.0 Å². The van der Waals surface area contributed by atoms with Crippen LogP contribution in [0.4, 0.5) is 0 Å². The molecule has 4 heteroatoms. The van der Waals surface area contributed by atoms with Gasteiger partial charge in [0.15, 0.2) is 0 Å². The molecule has 0 radical (unpaired) electrons. The Balaban J connectivity index is 1.62. The second-order valence-electron chi connectivity index (χ2n) is 10.6. The zero-order valence-electron chi connectivity index (χ0n) is 18.5. The molecule has 4 nitrogen and oxygen atoms in total. The van der Waals surface area contributed by atoms with E-state index in [0.717, 1.165) is 57.3 Å². The summed E-state index contributed by atoms with van der Waals surface area (Å²) in [6.07, 6.45) is 22.8. The lowest BCUT2D eigenvalue weighted by Gasteiger charge is -2.58. The lowest BCUT2D eigenvalue weighted by molar-refractivity contribution is -0.0985. The maximum Gasteiger partial charge on any atom is 0.0995 e. The lowest BCUT2D eigenvalue weighted by atomic mass is 9.55. The Bertz CT molecular complexity index is 716. The Morgan fingerprint density at radius 3 is 2.63 bits per heavy atom. The highest BCUT2D eigenvalue weighted by Gasteiger charge is 2.65. The van der Waals surface area contributed by atoms with Gasteiger partial charge in [-0.2, -0.15) is 0 Å². The number of hydrogen-bond donors (Lipinski definition) is 2. The van der Waals surface area contributed by atoms with E-state index >= 15 is 0 Å². The third kappa shape index (κ3) is 3.54. The number of fused-ring (bicyclic) bond motifs is 2. The number of aliphatic hydroxyl groups excluding tert-OH is 1. The molecule has 2 saturated heterocycles. The SMILES string of the molecule is OCC1=C[C@]2(O)CC/C=C\CCCCN3CC[C@@H]1[C@@]1(C[C@H]4/C=C\CCCCN4[C@@H]12)C3. The minimum atomic E-state index is -0.849. The summed E-state index contributed by atoms with van der Waals surface area (Å²) in [5.41, 5.74) is 0.320. The van der Waals surface area contributed by atoms with Gasteiger partial charge in [-0.05, 0) is 101 Å². The first kappa shape index (κ1) is 20.9. The van der Waals surface area contributed by atoms with Gasteiger partial charge < -0.3 is 15.1 Å². The van der Waals surface area contributed by atoms with Crippen molar-refractivity contribution in [2.45, 2.75) is 81.9 Å². The van der Waals surface area contributed by atoms with Gasteiger partial charge in [0.05, 0.1) is 18.2 Å². The number of nitrogens with zero attached hydrogens (tertiary/aromatic N) is 2. The predicted molar refractivity (Wildman–Crippen MR) is 121 cm³/mol. The average molecular weight is 413 g/mol. The molecular formula is C26H40N2O2. The van der Waals surface area contributed by atoms with E-state index in [-0.39, 0.29) is 18.1 Å². The van der Waals surface area contributed by atoms with E-state index < -0.39 is 5.60 Å². The minimum Gasteiger partial charge on any atom is -0.392 e. The summed E-state index contributed by atoms with van der Waals surface area (Å²) >= 11 is 0. The van der Waals surface area contributed by atoms with Crippen LogP contribution in [0.5, 0.6) is 0 Å². The minimum absolute atomic E-state index is 0.0525. The zero-order chi connectivity index (χ0) is 20.6. The van der Waals surface area contributed by atoms with Crippen LogP contribution in [0.15, 0.2) is 36.0 Å². The van der Waals surface area contributed by atoms with Crippen LogP contribution >= 0.6 is 0 Å². The smallest absolute Gasteiger partial charge is 0.0995 e. The Labute approximate surface area is 182 Å². The summed E-state index contributed by atoms with van der Waals surface area (Å²) in [6.45, 7) is 4.57. The van der Waals surface area contributed by atoms with Crippen molar-refractivity contribution in [1.82, 2.24) is 9.80 Å². The average Bonchev–Trinajstić information content (AvgIpc) is 3.01. The molecule has 30 heavy (non-hydrogen) atoms. The Hall–Kier alpha value is -0.940. The first-order chi connectivity index (χ1) is 14.7. The van der Waals surface area contributed by atoms with E-state index in [4.69, 9.17) is 0 Å². The number of hydrogen-bond acceptors (Lipinski definition) is 4. The van der Waals surface area contributed by atoms with Crippen molar-refractivity contribution in [3.63, 3.8) is 0 Å². The Morgan fingerprint density at radius 1 is 0.967 bits per heavy atom. The van der Waals surface area contributed by atoms with Crippen molar-refractivity contribution in [2.24, 2.45) is 11.3 Å². The summed E-state index contributed by atoms with van der Waals surface area (Å²) in [4.78, 5) is 5.37. The highest BCUT2D eigenvalue weighted by molar-refractivity contribution is 5.34. The van der Waals surface area contributed by atoms with Crippen molar-refractivity contribution in [2.75, 3.05) is 32.8 Å². The Kier molecular flexibility index (Phi) is 5.96. The topological polar surface area (TPSA) is 46.9 Å². The van der Waals surface area contributed by atoms with E-state index in [1.807, 2.05) is 0 Å². The number of aliphatic hydroxyl groups is 2. The van der Waals surface area contributed by atoms with Crippen molar-refractivity contribution in [3.8, 4) is 0 Å². The normalized spacial score (nSPS) is 46.8. The van der Waals surface area contributed by atoms with E-state index in [1.165, 1.54) is 38.6 Å². The molecule has 6 atom stereocenters. The fraction of sp³-hybridized carbons (Fsp3) is 0.769. The standard InChI is InChI=1S/C26H40N2O2/c29-19-21-17-26(30)13-8-4-1-2-5-9-14-27-16-12-23(21)25(20-27)18-22-11-7-3-6-10-15-28(22)24(25)26/h1,4,7,11,17,22-24,29-30H,2-3,5-6,8-10,12-16,18-20H2/b4-1-,11-7-/t22-,23+,24+,25-,26-/m1/s1. The van der Waals surface area contributed by atoms with Crippen LogP contribution in [0.1, 0.15) is 64.2 Å². The number of rotatable bonds is 1. The van der Waals surface area contributed by atoms with Crippen LogP contribution in [-0.4, -0.2) is 70.5 Å². The van der Waals surface area contributed by atoms with Gasteiger partial charge >= 0.3 is 0 Å². The molecule has 4 heterocycles. The molecule has 0 saturated carbocycles. The van der Waals surface area contributed by atoms with Crippen molar-refractivity contribution >= 4 is 0 Å². The van der Waals surface area contributed by atoms with Gasteiger partial charge in [-0.25, -0.2) is 0 Å². The number of allylic oxidation sites excluding steroid dienone is 3. The van der Waals surface area contributed by atoms with Crippen molar-refractivity contribution < 1.29 is 10.2 Å². The zero-order valence-corrected chi connectivity index (χ0v) is 18.5. The largest absolute Gasteiger partial charge is 0.392 e. The molecule has 5 rings (SSSR count). The fourth-order valence-corrected chi connectivity index (χ4v) is 7.66. The maximum absolute atomic E-state index is 12.2. The molecule has 0 aromatic rings. The van der Waals surface area contributed by atoms with Crippen LogP contribution in [-0.2, 0) is 0 Å². The maximum atomic E-state index is 12.2. The van der Waals surface area contributed by atoms with E-state index in [1.54, 1.807) is 0 Å². The van der Waals surface area contributed by atoms with Gasteiger partial charge in [0.2, 0.25) is 0 Å². The molecule has 0 amide bonds. The summed E-state index contributed by atoms with van der Waals surface area (Å²) in [6, 6.07) is 0.592. The summed E-state index contributed by atoms with van der Waals surface area (Å²) in [5, 5.41) is 22.6. The van der Waals surface area contributed by atoms with Gasteiger partial charge in [-0.3, -0.25) is 4.90 Å². The molecule has 5 aliphatic rings. The number of piperidine rings is 1. The first-order valence-electron chi connectivity index (χ1n) is 12.5. The predicted octanol–water partition coefficient (Wildman–Crippen LogP) is 3.66. The molecule has 0 aromatic heterocycles. The lowest BCUT2D eigenvalue weighted by Crippen LogP contribution is -2.66. The third-order valence-electron chi connectivity index (χ3n) is 8.74. The molecule has 2 N–H and O–H groups in total. The van der Waals surface area contributed by atoms with E-state index in [9.17, 15) is 10.2 Å². The van der Waals surface area contributed by atoms with Gasteiger partial charge in [-0.1, -0.05) is 24.3 Å². The molecule has 166 valence electrons. The fourth-order valence-electron chi connectivity index (χ4n) is 7.66. The second kappa shape index (κ2) is 8.54. The summed E-state index contributed by atoms with van der Waals surface area (Å²) < 4.78 is 0. The first-order valence-corrected chi connectivity index (χ1v) is 12.5. The third-order valence-corrected chi connectivity index (χ3v) is 8.74. The quantitative estimate of drug-likeness (QED) is 0.645. The van der Waals surface area contributed by atoms with Crippen LogP contribution in [0, 0.1) is 11.3 Å². The highest BCUT2D eigenvalue weighted by atomic mass is 16.3. The molecule has 1 aliphatic carbocycles. The molecule has 4 aliphatic heterocycles. The summed E-state index contributed by atoms with van der Waals surface area (Å²) in [5.74, 6) is 0.409. The molecule has 0 aromatic carbocycles. The van der Waals surface area contributed by atoms with Crippen molar-refractivity contribution in [3.05, 3.63) is 36.0 Å². The monoisotopic (exact) mass is 412 g/mol. The van der Waals surface area contributed by atoms with Crippen LogP contribution in [0.25, 0.3) is 0 Å². The molecule has 1 spiro atoms. The van der Waals surface area contributed by atoms with Gasteiger partial charge in [-0.15, -0.1) is 0 Å². The van der Waals surface area contributed by atoms with Gasteiger partial charge in [0, 0.05) is 18.0 Å². The highest BCUT2D eigenvalue weighted by Crippen LogP contribution is 2.59. The van der Waals surface area contributed by atoms with Gasteiger partial charge in [0.1, 0.15) is 0 Å². The molecule has 3 bridgehead atoms. The Morgan fingerprint density at radius 2 is 1.77 bits per heavy atom. The van der Waals surface area contributed by atoms with Crippen LogP contribution in [0.2, 0.25) is 0 Å². The van der Waals surface area contributed by atoms with Crippen LogP contribution < -0.4 is 0 Å². The molecule has 2 fully saturated rings. The molecule has 1 unspecified atom stereocenters.